The number of hydrogen-bond donors (Lipinski definition) is 2. The van der Waals surface area contributed by atoms with E-state index >= 15 is 0 Å². The number of rotatable bonds is 3. The van der Waals surface area contributed by atoms with Gasteiger partial charge in [-0.3, -0.25) is 0 Å². The maximum Gasteiger partial charge on any atom is 0.321 e. The first-order valence-corrected chi connectivity index (χ1v) is 6.03. The summed E-state index contributed by atoms with van der Waals surface area (Å²) in [5.41, 5.74) is 0.744. The third-order valence-electron chi connectivity index (χ3n) is 3.17. The molecule has 0 spiro atoms. The number of benzene rings is 1. The SMILES string of the molecule is COc1ccc(NC(=O)N2CCC(CO)C2)cc1. The number of amides is 2. The van der Waals surface area contributed by atoms with Gasteiger partial charge in [0.1, 0.15) is 5.75 Å². The fourth-order valence-electron chi connectivity index (χ4n) is 2.04. The summed E-state index contributed by atoms with van der Waals surface area (Å²) >= 11 is 0. The Morgan fingerprint density at radius 3 is 2.78 bits per heavy atom. The van der Waals surface area contributed by atoms with Crippen molar-refractivity contribution in [2.75, 3.05) is 32.1 Å². The van der Waals surface area contributed by atoms with Crippen LogP contribution in [0.2, 0.25) is 0 Å². The maximum absolute atomic E-state index is 11.9. The number of likely N-dealkylation sites (tertiary alicyclic amines) is 1. The molecule has 5 nitrogen and oxygen atoms in total. The van der Waals surface area contributed by atoms with E-state index < -0.39 is 0 Å². The van der Waals surface area contributed by atoms with Crippen LogP contribution in [0.4, 0.5) is 10.5 Å². The molecule has 5 heteroatoms. The van der Waals surface area contributed by atoms with E-state index in [1.165, 1.54) is 0 Å². The highest BCUT2D eigenvalue weighted by atomic mass is 16.5. The Morgan fingerprint density at radius 1 is 1.50 bits per heavy atom. The summed E-state index contributed by atoms with van der Waals surface area (Å²) in [4.78, 5) is 13.7. The summed E-state index contributed by atoms with van der Waals surface area (Å²) in [6, 6.07) is 7.09. The third kappa shape index (κ3) is 2.92. The van der Waals surface area contributed by atoms with Crippen LogP contribution in [-0.4, -0.2) is 42.8 Å². The topological polar surface area (TPSA) is 61.8 Å². The number of urea groups is 1. The highest BCUT2D eigenvalue weighted by Crippen LogP contribution is 2.18. The van der Waals surface area contributed by atoms with Crippen molar-refractivity contribution >= 4 is 11.7 Å². The van der Waals surface area contributed by atoms with Crippen molar-refractivity contribution in [1.29, 1.82) is 0 Å². The van der Waals surface area contributed by atoms with Crippen LogP contribution in [-0.2, 0) is 0 Å². The van der Waals surface area contributed by atoms with Gasteiger partial charge in [-0.2, -0.15) is 0 Å². The van der Waals surface area contributed by atoms with E-state index in [0.29, 0.717) is 13.1 Å². The zero-order valence-corrected chi connectivity index (χ0v) is 10.4. The summed E-state index contributed by atoms with van der Waals surface area (Å²) in [5, 5.41) is 11.9. The molecule has 2 rings (SSSR count). The number of aliphatic hydroxyl groups is 1. The molecule has 1 saturated heterocycles. The Labute approximate surface area is 106 Å². The quantitative estimate of drug-likeness (QED) is 0.855. The molecule has 18 heavy (non-hydrogen) atoms. The predicted molar refractivity (Wildman–Crippen MR) is 68.8 cm³/mol. The van der Waals surface area contributed by atoms with E-state index in [2.05, 4.69) is 5.32 Å². The molecular weight excluding hydrogens is 232 g/mol. The minimum atomic E-state index is -0.115. The first kappa shape index (κ1) is 12.7. The molecule has 1 heterocycles. The lowest BCUT2D eigenvalue weighted by Gasteiger charge is -2.17. The number of nitrogens with one attached hydrogen (secondary N) is 1. The Morgan fingerprint density at radius 2 is 2.22 bits per heavy atom. The third-order valence-corrected chi connectivity index (χ3v) is 3.17. The lowest BCUT2D eigenvalue weighted by Crippen LogP contribution is -2.33. The average molecular weight is 250 g/mol. The first-order chi connectivity index (χ1) is 8.72. The van der Waals surface area contributed by atoms with Gasteiger partial charge in [0, 0.05) is 31.3 Å². The van der Waals surface area contributed by atoms with Crippen molar-refractivity contribution in [1.82, 2.24) is 4.90 Å². The normalized spacial score (nSPS) is 18.8. The smallest absolute Gasteiger partial charge is 0.321 e. The van der Waals surface area contributed by atoms with Gasteiger partial charge in [-0.1, -0.05) is 0 Å². The van der Waals surface area contributed by atoms with Crippen molar-refractivity contribution in [3.63, 3.8) is 0 Å². The van der Waals surface area contributed by atoms with Crippen LogP contribution >= 0.6 is 0 Å². The minimum Gasteiger partial charge on any atom is -0.497 e. The summed E-state index contributed by atoms with van der Waals surface area (Å²) in [6.45, 7) is 1.47. The Kier molecular flexibility index (Phi) is 4.04. The number of carbonyl (C=O) groups is 1. The highest BCUT2D eigenvalue weighted by Gasteiger charge is 2.25. The van der Waals surface area contributed by atoms with Crippen molar-refractivity contribution in [2.45, 2.75) is 6.42 Å². The zero-order valence-electron chi connectivity index (χ0n) is 10.4. The first-order valence-electron chi connectivity index (χ1n) is 6.03. The van der Waals surface area contributed by atoms with Gasteiger partial charge >= 0.3 is 6.03 Å². The molecule has 0 saturated carbocycles. The van der Waals surface area contributed by atoms with Gasteiger partial charge in [0.05, 0.1) is 7.11 Å². The number of nitrogens with zero attached hydrogens (tertiary/aromatic N) is 1. The van der Waals surface area contributed by atoms with E-state index in [9.17, 15) is 4.79 Å². The molecule has 1 aromatic carbocycles. The van der Waals surface area contributed by atoms with Crippen molar-refractivity contribution in [2.24, 2.45) is 5.92 Å². The molecule has 1 atom stereocenters. The second-order valence-corrected chi connectivity index (χ2v) is 4.44. The highest BCUT2D eigenvalue weighted by molar-refractivity contribution is 5.89. The van der Waals surface area contributed by atoms with E-state index in [1.807, 2.05) is 0 Å². The van der Waals surface area contributed by atoms with Gasteiger partial charge in [0.15, 0.2) is 0 Å². The van der Waals surface area contributed by atoms with E-state index in [4.69, 9.17) is 9.84 Å². The molecule has 0 aliphatic carbocycles. The molecule has 0 radical (unpaired) electrons. The maximum atomic E-state index is 11.9. The van der Waals surface area contributed by atoms with Gasteiger partial charge < -0.3 is 20.1 Å². The molecule has 98 valence electrons. The van der Waals surface area contributed by atoms with E-state index in [0.717, 1.165) is 17.9 Å². The fourth-order valence-corrected chi connectivity index (χ4v) is 2.04. The number of hydrogen-bond acceptors (Lipinski definition) is 3. The van der Waals surface area contributed by atoms with Crippen LogP contribution in [0.25, 0.3) is 0 Å². The van der Waals surface area contributed by atoms with Gasteiger partial charge in [-0.15, -0.1) is 0 Å². The molecule has 1 aliphatic rings. The Hall–Kier alpha value is -1.75. The number of methoxy groups -OCH3 is 1. The van der Waals surface area contributed by atoms with Crippen LogP contribution in [0.15, 0.2) is 24.3 Å². The van der Waals surface area contributed by atoms with E-state index in [-0.39, 0.29) is 18.6 Å². The molecule has 1 fully saturated rings. The van der Waals surface area contributed by atoms with Gasteiger partial charge in [-0.05, 0) is 30.7 Å². The van der Waals surface area contributed by atoms with Crippen molar-refractivity contribution < 1.29 is 14.6 Å². The number of anilines is 1. The second kappa shape index (κ2) is 5.73. The lowest BCUT2D eigenvalue weighted by atomic mass is 10.1. The molecule has 2 amide bonds. The largest absolute Gasteiger partial charge is 0.497 e. The molecule has 1 aliphatic heterocycles. The molecule has 2 N–H and O–H groups in total. The molecule has 1 aromatic rings. The minimum absolute atomic E-state index is 0.115. The molecule has 1 unspecified atom stereocenters. The lowest BCUT2D eigenvalue weighted by molar-refractivity contribution is 0.209. The van der Waals surface area contributed by atoms with Gasteiger partial charge in [-0.25, -0.2) is 4.79 Å². The average Bonchev–Trinajstić information content (AvgIpc) is 2.88. The summed E-state index contributed by atoms with van der Waals surface area (Å²) < 4.78 is 5.05. The second-order valence-electron chi connectivity index (χ2n) is 4.44. The number of ether oxygens (including phenoxy) is 1. The predicted octanol–water partition coefficient (Wildman–Crippen LogP) is 1.54. The van der Waals surface area contributed by atoms with Crippen LogP contribution in [0.5, 0.6) is 5.75 Å². The number of aliphatic hydroxyl groups excluding tert-OH is 1. The summed E-state index contributed by atoms with van der Waals surface area (Å²) in [7, 11) is 1.60. The molecular formula is C13H18N2O3. The van der Waals surface area contributed by atoms with Crippen LogP contribution in [0.1, 0.15) is 6.42 Å². The molecule has 0 bridgehead atoms. The summed E-state index contributed by atoms with van der Waals surface area (Å²) in [6.07, 6.45) is 0.868. The summed E-state index contributed by atoms with van der Waals surface area (Å²) in [5.74, 6) is 0.973. The standard InChI is InChI=1S/C13H18N2O3/c1-18-12-4-2-11(3-5-12)14-13(17)15-7-6-10(8-15)9-16/h2-5,10,16H,6-9H2,1H3,(H,14,17). The van der Waals surface area contributed by atoms with Crippen LogP contribution in [0, 0.1) is 5.92 Å². The number of carbonyl (C=O) groups excluding carboxylic acids is 1. The van der Waals surface area contributed by atoms with Gasteiger partial charge in [0.25, 0.3) is 0 Å². The van der Waals surface area contributed by atoms with Crippen LogP contribution < -0.4 is 10.1 Å². The zero-order chi connectivity index (χ0) is 13.0. The van der Waals surface area contributed by atoms with E-state index in [1.54, 1.807) is 36.3 Å². The van der Waals surface area contributed by atoms with Crippen molar-refractivity contribution in [3.8, 4) is 5.75 Å². The molecule has 0 aromatic heterocycles. The van der Waals surface area contributed by atoms with Gasteiger partial charge in [0.2, 0.25) is 0 Å². The Balaban J connectivity index is 1.90. The van der Waals surface area contributed by atoms with Crippen molar-refractivity contribution in [3.05, 3.63) is 24.3 Å². The monoisotopic (exact) mass is 250 g/mol. The Bertz CT molecular complexity index is 405. The fraction of sp³-hybridized carbons (Fsp3) is 0.462. The van der Waals surface area contributed by atoms with Crippen LogP contribution in [0.3, 0.4) is 0 Å².